The van der Waals surface area contributed by atoms with Gasteiger partial charge in [-0.25, -0.2) is 4.68 Å². The number of ether oxygens (including phenoxy) is 1. The molecule has 3 aromatic rings. The van der Waals surface area contributed by atoms with E-state index in [0.717, 1.165) is 16.9 Å². The van der Waals surface area contributed by atoms with E-state index in [9.17, 15) is 9.59 Å². The summed E-state index contributed by atoms with van der Waals surface area (Å²) in [6.07, 6.45) is 3.33. The van der Waals surface area contributed by atoms with Crippen LogP contribution < -0.4 is 15.6 Å². The van der Waals surface area contributed by atoms with Gasteiger partial charge in [0.25, 0.3) is 5.56 Å². The lowest BCUT2D eigenvalue weighted by Crippen LogP contribution is -2.36. The molecule has 0 saturated heterocycles. The Morgan fingerprint density at radius 3 is 2.50 bits per heavy atom. The lowest BCUT2D eigenvalue weighted by molar-refractivity contribution is -0.124. The van der Waals surface area contributed by atoms with Crippen molar-refractivity contribution >= 4 is 5.91 Å². The van der Waals surface area contributed by atoms with Crippen molar-refractivity contribution in [1.29, 1.82) is 0 Å². The third-order valence-corrected chi connectivity index (χ3v) is 4.25. The second-order valence-corrected chi connectivity index (χ2v) is 6.21. The summed E-state index contributed by atoms with van der Waals surface area (Å²) in [5.41, 5.74) is 2.04. The van der Waals surface area contributed by atoms with Gasteiger partial charge in [0.05, 0.1) is 12.3 Å². The molecule has 3 rings (SSSR count). The molecule has 144 valence electrons. The van der Waals surface area contributed by atoms with Gasteiger partial charge in [-0.1, -0.05) is 0 Å². The van der Waals surface area contributed by atoms with Crippen LogP contribution in [0.1, 0.15) is 25.5 Å². The Balaban J connectivity index is 1.76. The number of hydrogen-bond donors (Lipinski definition) is 1. The second-order valence-electron chi connectivity index (χ2n) is 6.21. The van der Waals surface area contributed by atoms with Gasteiger partial charge in [0.1, 0.15) is 11.8 Å². The van der Waals surface area contributed by atoms with E-state index in [-0.39, 0.29) is 11.5 Å². The average molecular weight is 378 g/mol. The SMILES string of the molecule is CCOc1ccc(-c2ccc(=O)n(C(C)C(=O)NCc3ccncc3)n2)cc1. The van der Waals surface area contributed by atoms with Gasteiger partial charge in [0.2, 0.25) is 5.91 Å². The number of hydrogen-bond acceptors (Lipinski definition) is 5. The zero-order chi connectivity index (χ0) is 19.9. The molecule has 0 bridgehead atoms. The zero-order valence-electron chi connectivity index (χ0n) is 15.8. The van der Waals surface area contributed by atoms with E-state index >= 15 is 0 Å². The summed E-state index contributed by atoms with van der Waals surface area (Å²) in [7, 11) is 0. The van der Waals surface area contributed by atoms with Crippen molar-refractivity contribution in [3.05, 3.63) is 76.8 Å². The minimum Gasteiger partial charge on any atom is -0.494 e. The highest BCUT2D eigenvalue weighted by molar-refractivity contribution is 5.79. The summed E-state index contributed by atoms with van der Waals surface area (Å²) in [4.78, 5) is 28.7. The molecule has 1 N–H and O–H groups in total. The average Bonchev–Trinajstić information content (AvgIpc) is 2.73. The summed E-state index contributed by atoms with van der Waals surface area (Å²) < 4.78 is 6.64. The number of carbonyl (C=O) groups is 1. The lowest BCUT2D eigenvalue weighted by atomic mass is 10.1. The molecule has 7 heteroatoms. The highest BCUT2D eigenvalue weighted by atomic mass is 16.5. The van der Waals surface area contributed by atoms with Gasteiger partial charge in [0, 0.05) is 30.6 Å². The van der Waals surface area contributed by atoms with Crippen LogP contribution in [-0.2, 0) is 11.3 Å². The number of pyridine rings is 1. The summed E-state index contributed by atoms with van der Waals surface area (Å²) in [5, 5.41) is 7.21. The van der Waals surface area contributed by atoms with Crippen LogP contribution in [0.3, 0.4) is 0 Å². The molecule has 0 aliphatic heterocycles. The Hall–Kier alpha value is -3.48. The molecule has 0 aliphatic rings. The number of aromatic nitrogens is 3. The van der Waals surface area contributed by atoms with Crippen LogP contribution in [-0.4, -0.2) is 27.3 Å². The summed E-state index contributed by atoms with van der Waals surface area (Å²) in [6, 6.07) is 13.4. The van der Waals surface area contributed by atoms with Gasteiger partial charge < -0.3 is 10.1 Å². The molecule has 1 aromatic carbocycles. The number of nitrogens with zero attached hydrogens (tertiary/aromatic N) is 3. The predicted octanol–water partition coefficient (Wildman–Crippen LogP) is 2.58. The Labute approximate surface area is 163 Å². The van der Waals surface area contributed by atoms with Crippen molar-refractivity contribution in [2.24, 2.45) is 0 Å². The van der Waals surface area contributed by atoms with Gasteiger partial charge in [0.15, 0.2) is 0 Å². The van der Waals surface area contributed by atoms with Crippen molar-refractivity contribution in [1.82, 2.24) is 20.1 Å². The third-order valence-electron chi connectivity index (χ3n) is 4.25. The van der Waals surface area contributed by atoms with Crippen molar-refractivity contribution in [2.75, 3.05) is 6.61 Å². The molecule has 2 heterocycles. The first-order valence-corrected chi connectivity index (χ1v) is 9.08. The van der Waals surface area contributed by atoms with Gasteiger partial charge in [-0.3, -0.25) is 14.6 Å². The maximum absolute atomic E-state index is 12.5. The number of amides is 1. The zero-order valence-corrected chi connectivity index (χ0v) is 15.8. The largest absolute Gasteiger partial charge is 0.494 e. The van der Waals surface area contributed by atoms with E-state index in [2.05, 4.69) is 15.4 Å². The monoisotopic (exact) mass is 378 g/mol. The summed E-state index contributed by atoms with van der Waals surface area (Å²) >= 11 is 0. The Kier molecular flexibility index (Phi) is 6.16. The van der Waals surface area contributed by atoms with Gasteiger partial charge in [-0.05, 0) is 61.9 Å². The fourth-order valence-electron chi connectivity index (χ4n) is 2.69. The van der Waals surface area contributed by atoms with E-state index in [0.29, 0.717) is 18.8 Å². The quantitative estimate of drug-likeness (QED) is 0.683. The number of carbonyl (C=O) groups excluding carboxylic acids is 1. The van der Waals surface area contributed by atoms with Crippen molar-refractivity contribution in [2.45, 2.75) is 26.4 Å². The number of benzene rings is 1. The van der Waals surface area contributed by atoms with Crippen LogP contribution in [0.4, 0.5) is 0 Å². The molecule has 1 unspecified atom stereocenters. The van der Waals surface area contributed by atoms with Crippen LogP contribution in [0.5, 0.6) is 5.75 Å². The van der Waals surface area contributed by atoms with Crippen LogP contribution >= 0.6 is 0 Å². The molecule has 0 aliphatic carbocycles. The fourth-order valence-corrected chi connectivity index (χ4v) is 2.69. The van der Waals surface area contributed by atoms with Crippen LogP contribution in [0, 0.1) is 0 Å². The van der Waals surface area contributed by atoms with Crippen molar-refractivity contribution in [3.8, 4) is 17.0 Å². The highest BCUT2D eigenvalue weighted by Crippen LogP contribution is 2.20. The number of rotatable bonds is 7. The first-order chi connectivity index (χ1) is 13.6. The summed E-state index contributed by atoms with van der Waals surface area (Å²) in [6.45, 7) is 4.53. The van der Waals surface area contributed by atoms with Crippen LogP contribution in [0.25, 0.3) is 11.3 Å². The minimum absolute atomic E-state index is 0.282. The molecule has 2 aromatic heterocycles. The molecule has 0 saturated carbocycles. The molecule has 7 nitrogen and oxygen atoms in total. The predicted molar refractivity (Wildman–Crippen MR) is 106 cm³/mol. The van der Waals surface area contributed by atoms with Crippen molar-refractivity contribution < 1.29 is 9.53 Å². The maximum atomic E-state index is 12.5. The van der Waals surface area contributed by atoms with E-state index in [1.807, 2.05) is 43.3 Å². The maximum Gasteiger partial charge on any atom is 0.267 e. The minimum atomic E-state index is -0.739. The van der Waals surface area contributed by atoms with Gasteiger partial charge in [-0.2, -0.15) is 5.10 Å². The smallest absolute Gasteiger partial charge is 0.267 e. The topological polar surface area (TPSA) is 86.1 Å². The standard InChI is InChI=1S/C21H22N4O3/c1-3-28-18-6-4-17(5-7-18)19-8-9-20(26)25(24-19)15(2)21(27)23-14-16-10-12-22-13-11-16/h4-13,15H,3,14H2,1-2H3,(H,23,27). The van der Waals surface area contributed by atoms with E-state index < -0.39 is 6.04 Å². The van der Waals surface area contributed by atoms with Crippen LogP contribution in [0.2, 0.25) is 0 Å². The second kappa shape index (κ2) is 8.94. The third kappa shape index (κ3) is 4.62. The molecule has 28 heavy (non-hydrogen) atoms. The Morgan fingerprint density at radius 2 is 1.82 bits per heavy atom. The fraction of sp³-hybridized carbons (Fsp3) is 0.238. The molecule has 1 amide bonds. The molecular weight excluding hydrogens is 356 g/mol. The van der Waals surface area contributed by atoms with E-state index in [1.54, 1.807) is 25.4 Å². The first kappa shape index (κ1) is 19.3. The Bertz CT molecular complexity index is 985. The van der Waals surface area contributed by atoms with Crippen molar-refractivity contribution in [3.63, 3.8) is 0 Å². The highest BCUT2D eigenvalue weighted by Gasteiger charge is 2.18. The molecule has 0 spiro atoms. The molecule has 1 atom stereocenters. The Morgan fingerprint density at radius 1 is 1.11 bits per heavy atom. The van der Waals surface area contributed by atoms with E-state index in [1.165, 1.54) is 10.7 Å². The normalized spacial score (nSPS) is 11.6. The molecular formula is C21H22N4O3. The lowest BCUT2D eigenvalue weighted by Gasteiger charge is -2.15. The van der Waals surface area contributed by atoms with Crippen LogP contribution in [0.15, 0.2) is 65.7 Å². The molecule has 0 radical (unpaired) electrons. The van der Waals surface area contributed by atoms with Gasteiger partial charge >= 0.3 is 0 Å². The molecule has 0 fully saturated rings. The first-order valence-electron chi connectivity index (χ1n) is 9.08. The number of nitrogens with one attached hydrogen (secondary N) is 1. The van der Waals surface area contributed by atoms with Gasteiger partial charge in [-0.15, -0.1) is 0 Å². The summed E-state index contributed by atoms with van der Waals surface area (Å²) in [5.74, 6) is 0.485. The van der Waals surface area contributed by atoms with E-state index in [4.69, 9.17) is 4.74 Å².